The van der Waals surface area contributed by atoms with Gasteiger partial charge in [0.25, 0.3) is 0 Å². The van der Waals surface area contributed by atoms with Crippen LogP contribution in [0.3, 0.4) is 0 Å². The number of hydrogen-bond donors (Lipinski definition) is 1. The highest BCUT2D eigenvalue weighted by Crippen LogP contribution is 2.42. The van der Waals surface area contributed by atoms with E-state index < -0.39 is 40.6 Å². The highest BCUT2D eigenvalue weighted by atomic mass is 19.1. The second kappa shape index (κ2) is 7.85. The van der Waals surface area contributed by atoms with Crippen molar-refractivity contribution in [3.63, 3.8) is 0 Å². The summed E-state index contributed by atoms with van der Waals surface area (Å²) in [6.07, 6.45) is 1.88. The zero-order valence-electron chi connectivity index (χ0n) is 16.1. The van der Waals surface area contributed by atoms with Gasteiger partial charge in [-0.3, -0.25) is 4.79 Å². The van der Waals surface area contributed by atoms with Crippen LogP contribution in [0.2, 0.25) is 0 Å². The quantitative estimate of drug-likeness (QED) is 0.716. The summed E-state index contributed by atoms with van der Waals surface area (Å²) in [6, 6.07) is 5.89. The van der Waals surface area contributed by atoms with Gasteiger partial charge >= 0.3 is 0 Å². The van der Waals surface area contributed by atoms with Crippen LogP contribution in [-0.2, 0) is 4.79 Å². The number of unbranched alkanes of at least 4 members (excludes halogenated alkanes) is 1. The molecule has 0 aliphatic carbocycles. The number of amides is 1. The molecule has 1 heterocycles. The first kappa shape index (κ1) is 20.8. The smallest absolute Gasteiger partial charge is 0.245 e. The molecule has 1 amide bonds. The van der Waals surface area contributed by atoms with Gasteiger partial charge in [0, 0.05) is 23.6 Å². The van der Waals surface area contributed by atoms with Crippen molar-refractivity contribution in [3.05, 3.63) is 65.2 Å². The Morgan fingerprint density at radius 2 is 1.72 bits per heavy atom. The molecule has 2 aromatic carbocycles. The highest BCUT2D eigenvalue weighted by Gasteiger charge is 2.53. The van der Waals surface area contributed by atoms with Crippen LogP contribution < -0.4 is 10.7 Å². The fraction of sp³-hybridized carbons (Fsp3) is 0.333. The number of rotatable bonds is 6. The van der Waals surface area contributed by atoms with Gasteiger partial charge in [-0.2, -0.15) is 5.10 Å². The van der Waals surface area contributed by atoms with Gasteiger partial charge in [0.2, 0.25) is 5.91 Å². The van der Waals surface area contributed by atoms with Crippen LogP contribution >= 0.6 is 0 Å². The van der Waals surface area contributed by atoms with E-state index in [0.29, 0.717) is 18.9 Å². The zero-order chi connectivity index (χ0) is 21.3. The Morgan fingerprint density at radius 1 is 1.10 bits per heavy atom. The Bertz CT molecular complexity index is 978. The van der Waals surface area contributed by atoms with Gasteiger partial charge in [-0.1, -0.05) is 19.8 Å². The monoisotopic (exact) mass is 407 g/mol. The van der Waals surface area contributed by atoms with Crippen LogP contribution in [0.5, 0.6) is 0 Å². The second-order valence-corrected chi connectivity index (χ2v) is 7.22. The maximum absolute atomic E-state index is 14.5. The van der Waals surface area contributed by atoms with Crippen molar-refractivity contribution in [3.8, 4) is 0 Å². The lowest BCUT2D eigenvalue weighted by Crippen LogP contribution is -2.56. The van der Waals surface area contributed by atoms with Gasteiger partial charge in [0.05, 0.1) is 11.4 Å². The number of nitrogens with two attached hydrogens (primary N) is 1. The normalized spacial score (nSPS) is 21.4. The van der Waals surface area contributed by atoms with E-state index in [4.69, 9.17) is 5.73 Å². The second-order valence-electron chi connectivity index (χ2n) is 7.22. The average molecular weight is 407 g/mol. The van der Waals surface area contributed by atoms with E-state index in [9.17, 15) is 22.4 Å². The fourth-order valence-corrected chi connectivity index (χ4v) is 3.69. The van der Waals surface area contributed by atoms with E-state index in [2.05, 4.69) is 5.10 Å². The van der Waals surface area contributed by atoms with Crippen LogP contribution in [0.1, 0.15) is 38.7 Å². The number of hydrazone groups is 1. The summed E-state index contributed by atoms with van der Waals surface area (Å²) in [4.78, 5) is 12.5. The lowest BCUT2D eigenvalue weighted by Gasteiger charge is -2.36. The van der Waals surface area contributed by atoms with Gasteiger partial charge in [0.15, 0.2) is 5.82 Å². The van der Waals surface area contributed by atoms with Crippen LogP contribution in [0.25, 0.3) is 0 Å². The number of halogens is 4. The lowest BCUT2D eigenvalue weighted by molar-refractivity contribution is -0.123. The van der Waals surface area contributed by atoms with E-state index in [1.165, 1.54) is 13.0 Å². The van der Waals surface area contributed by atoms with E-state index in [-0.39, 0.29) is 17.0 Å². The summed E-state index contributed by atoms with van der Waals surface area (Å²) in [5, 5.41) is 5.43. The van der Waals surface area contributed by atoms with Crippen molar-refractivity contribution in [2.45, 2.75) is 38.6 Å². The molecule has 0 aromatic heterocycles. The first-order chi connectivity index (χ1) is 13.7. The molecule has 1 aliphatic heterocycles. The van der Waals surface area contributed by atoms with E-state index in [1.54, 1.807) is 0 Å². The molecule has 0 fully saturated rings. The van der Waals surface area contributed by atoms with Crippen molar-refractivity contribution in [2.24, 2.45) is 16.8 Å². The van der Waals surface area contributed by atoms with Crippen LogP contribution in [-0.4, -0.2) is 17.2 Å². The van der Waals surface area contributed by atoms with Crippen molar-refractivity contribution in [1.82, 2.24) is 0 Å². The number of carbonyl (C=O) groups excluding carboxylic acids is 1. The summed E-state index contributed by atoms with van der Waals surface area (Å²) >= 11 is 0. The number of primary amides is 1. The molecule has 2 unspecified atom stereocenters. The predicted octanol–water partition coefficient (Wildman–Crippen LogP) is 4.52. The standard InChI is InChI=1S/C21H21F4N3O/c1-3-4-5-15-19(14-8-6-12(22)10-16(14)24)27-28(21(15,2)20(26)29)18-9-7-13(23)11-17(18)25/h6-11,15H,3-5H2,1-2H3,(H2,26,29). The average Bonchev–Trinajstić information content (AvgIpc) is 2.93. The molecule has 2 aromatic rings. The molecule has 0 saturated heterocycles. The first-order valence-electron chi connectivity index (χ1n) is 9.29. The number of hydrogen-bond acceptors (Lipinski definition) is 3. The maximum Gasteiger partial charge on any atom is 0.245 e. The molecule has 0 bridgehead atoms. The molecule has 0 saturated carbocycles. The Labute approximate surface area is 166 Å². The minimum absolute atomic E-state index is 0.00463. The molecule has 0 radical (unpaired) electrons. The molecule has 4 nitrogen and oxygen atoms in total. The Balaban J connectivity index is 2.22. The minimum Gasteiger partial charge on any atom is -0.368 e. The summed E-state index contributed by atoms with van der Waals surface area (Å²) in [7, 11) is 0. The third-order valence-corrected chi connectivity index (χ3v) is 5.35. The van der Waals surface area contributed by atoms with Crippen LogP contribution in [0, 0.1) is 29.2 Å². The molecule has 2 N–H and O–H groups in total. The molecule has 3 rings (SSSR count). The Kier molecular flexibility index (Phi) is 5.64. The van der Waals surface area contributed by atoms with Crippen molar-refractivity contribution >= 4 is 17.3 Å². The SMILES string of the molecule is CCCCC1C(c2ccc(F)cc2F)=NN(c2ccc(F)cc2F)C1(C)C(N)=O. The number of nitrogens with zero attached hydrogens (tertiary/aromatic N) is 2. The third-order valence-electron chi connectivity index (χ3n) is 5.35. The third kappa shape index (κ3) is 3.59. The zero-order valence-corrected chi connectivity index (χ0v) is 16.1. The molecular weight excluding hydrogens is 386 g/mol. The molecular formula is C21H21F4N3O. The summed E-state index contributed by atoms with van der Waals surface area (Å²) < 4.78 is 55.8. The number of anilines is 1. The molecule has 1 aliphatic rings. The van der Waals surface area contributed by atoms with Crippen molar-refractivity contribution in [1.29, 1.82) is 0 Å². The van der Waals surface area contributed by atoms with Gasteiger partial charge < -0.3 is 5.73 Å². The highest BCUT2D eigenvalue weighted by molar-refractivity contribution is 6.10. The number of carbonyl (C=O) groups is 1. The summed E-state index contributed by atoms with van der Waals surface area (Å²) in [5.74, 6) is -4.79. The number of benzene rings is 2. The van der Waals surface area contributed by atoms with Gasteiger partial charge in [-0.25, -0.2) is 22.6 Å². The van der Waals surface area contributed by atoms with Crippen LogP contribution in [0.4, 0.5) is 23.2 Å². The van der Waals surface area contributed by atoms with E-state index in [1.807, 2.05) is 6.92 Å². The molecule has 8 heteroatoms. The lowest BCUT2D eigenvalue weighted by atomic mass is 9.77. The largest absolute Gasteiger partial charge is 0.368 e. The summed E-state index contributed by atoms with van der Waals surface area (Å²) in [5.41, 5.74) is 4.19. The summed E-state index contributed by atoms with van der Waals surface area (Å²) in [6.45, 7) is 3.44. The van der Waals surface area contributed by atoms with Crippen molar-refractivity contribution in [2.75, 3.05) is 5.01 Å². The molecule has 0 spiro atoms. The molecule has 29 heavy (non-hydrogen) atoms. The minimum atomic E-state index is -1.52. The Morgan fingerprint density at radius 3 is 2.28 bits per heavy atom. The first-order valence-corrected chi connectivity index (χ1v) is 9.29. The Hall–Kier alpha value is -2.90. The van der Waals surface area contributed by atoms with Gasteiger partial charge in [-0.15, -0.1) is 0 Å². The topological polar surface area (TPSA) is 58.7 Å². The van der Waals surface area contributed by atoms with Crippen molar-refractivity contribution < 1.29 is 22.4 Å². The van der Waals surface area contributed by atoms with E-state index >= 15 is 0 Å². The fourth-order valence-electron chi connectivity index (χ4n) is 3.69. The molecule has 2 atom stereocenters. The maximum atomic E-state index is 14.5. The van der Waals surface area contributed by atoms with Gasteiger partial charge in [-0.05, 0) is 37.6 Å². The molecule has 154 valence electrons. The van der Waals surface area contributed by atoms with Crippen LogP contribution in [0.15, 0.2) is 41.5 Å². The van der Waals surface area contributed by atoms with Gasteiger partial charge in [0.1, 0.15) is 23.0 Å². The van der Waals surface area contributed by atoms with E-state index in [0.717, 1.165) is 35.7 Å². The predicted molar refractivity (Wildman–Crippen MR) is 102 cm³/mol.